The summed E-state index contributed by atoms with van der Waals surface area (Å²) in [4.78, 5) is 27.9. The van der Waals surface area contributed by atoms with E-state index in [1.807, 2.05) is 6.07 Å². The summed E-state index contributed by atoms with van der Waals surface area (Å²) in [5.41, 5.74) is 2.67. The molecule has 0 aromatic carbocycles. The van der Waals surface area contributed by atoms with Gasteiger partial charge in [0.1, 0.15) is 0 Å². The van der Waals surface area contributed by atoms with Crippen molar-refractivity contribution in [2.75, 3.05) is 6.54 Å². The molecule has 4 heterocycles. The molecule has 2 aliphatic rings. The molecule has 11 heteroatoms. The molecule has 144 valence electrons. The molecule has 9 nitrogen and oxygen atoms in total. The van der Waals surface area contributed by atoms with Crippen molar-refractivity contribution < 1.29 is 18.4 Å². The van der Waals surface area contributed by atoms with Gasteiger partial charge in [0, 0.05) is 36.6 Å². The first-order chi connectivity index (χ1) is 13.5. The summed E-state index contributed by atoms with van der Waals surface area (Å²) in [6.45, 7) is -2.51. The van der Waals surface area contributed by atoms with Crippen LogP contribution in [0, 0.1) is 0 Å². The quantitative estimate of drug-likeness (QED) is 0.706. The van der Waals surface area contributed by atoms with E-state index < -0.39 is 24.4 Å². The zero-order valence-electron chi connectivity index (χ0n) is 14.4. The predicted molar refractivity (Wildman–Crippen MR) is 90.8 cm³/mol. The van der Waals surface area contributed by atoms with Crippen molar-refractivity contribution in [3.8, 4) is 0 Å². The molecular weight excluding hydrogens is 372 g/mol. The van der Waals surface area contributed by atoms with Crippen molar-refractivity contribution in [3.05, 3.63) is 47.7 Å². The lowest BCUT2D eigenvalue weighted by atomic mass is 9.99. The Bertz CT molecular complexity index is 1090. The van der Waals surface area contributed by atoms with Crippen LogP contribution in [-0.2, 0) is 4.79 Å². The number of imidazole rings is 1. The van der Waals surface area contributed by atoms with E-state index in [4.69, 9.17) is 0 Å². The van der Waals surface area contributed by atoms with Gasteiger partial charge in [-0.15, -0.1) is 0 Å². The monoisotopic (exact) mass is 387 g/mol. The summed E-state index contributed by atoms with van der Waals surface area (Å²) in [5, 5.41) is 13.3. The summed E-state index contributed by atoms with van der Waals surface area (Å²) in [6.07, 6.45) is 5.32. The molecule has 5 rings (SSSR count). The smallest absolute Gasteiger partial charge is 0.333 e. The second-order valence-electron chi connectivity index (χ2n) is 6.92. The molecule has 2 N–H and O–H groups in total. The lowest BCUT2D eigenvalue weighted by Gasteiger charge is -2.22. The standard InChI is InChI=1S/C17H15F2N7O2/c18-16(19)26-3-1-12(23-26)9-5-8(9)10-6-13(24-25-4-2-20-14(10)25)11-7-21-17(28)22-15(11)27/h1-4,6,8-9,11,16H,5,7H2,(H2,21,22,27,28)/t8-,9-,11?/m0/s1. The SMILES string of the molecule is O=C1NCC(c2cc([C@H]3C[C@@H]3c3ccn(C(F)F)n3)c3nccn3n2)C(=O)N1. The first-order valence-corrected chi connectivity index (χ1v) is 8.77. The van der Waals surface area contributed by atoms with E-state index in [0.717, 1.165) is 12.0 Å². The van der Waals surface area contributed by atoms with Gasteiger partial charge in [-0.2, -0.15) is 19.0 Å². The van der Waals surface area contributed by atoms with E-state index >= 15 is 0 Å². The number of imide groups is 1. The van der Waals surface area contributed by atoms with Crippen molar-refractivity contribution in [2.45, 2.75) is 30.7 Å². The van der Waals surface area contributed by atoms with Crippen molar-refractivity contribution >= 4 is 17.6 Å². The largest absolute Gasteiger partial charge is 0.337 e. The van der Waals surface area contributed by atoms with Crippen molar-refractivity contribution in [2.24, 2.45) is 0 Å². The molecule has 28 heavy (non-hydrogen) atoms. The van der Waals surface area contributed by atoms with Gasteiger partial charge in [-0.25, -0.2) is 19.0 Å². The molecule has 1 aliphatic carbocycles. The van der Waals surface area contributed by atoms with Gasteiger partial charge in [0.05, 0.1) is 17.3 Å². The number of amides is 3. The topological polar surface area (TPSA) is 106 Å². The summed E-state index contributed by atoms with van der Waals surface area (Å²) in [6, 6.07) is 2.90. The van der Waals surface area contributed by atoms with Crippen molar-refractivity contribution in [3.63, 3.8) is 0 Å². The number of aromatic nitrogens is 5. The molecule has 3 atom stereocenters. The van der Waals surface area contributed by atoms with Crippen LogP contribution in [0.4, 0.5) is 13.6 Å². The molecule has 0 radical (unpaired) electrons. The zero-order valence-corrected chi connectivity index (χ0v) is 14.4. The second-order valence-corrected chi connectivity index (χ2v) is 6.92. The highest BCUT2D eigenvalue weighted by atomic mass is 19.3. The highest BCUT2D eigenvalue weighted by Gasteiger charge is 2.43. The van der Waals surface area contributed by atoms with Gasteiger partial charge < -0.3 is 5.32 Å². The number of alkyl halides is 2. The normalized spacial score (nSPS) is 24.5. The molecule has 3 aromatic rings. The number of hydrogen-bond donors (Lipinski definition) is 2. The zero-order chi connectivity index (χ0) is 19.4. The van der Waals surface area contributed by atoms with Gasteiger partial charge in [0.2, 0.25) is 5.91 Å². The molecule has 1 saturated heterocycles. The predicted octanol–water partition coefficient (Wildman–Crippen LogP) is 1.51. The lowest BCUT2D eigenvalue weighted by Crippen LogP contribution is -2.51. The molecule has 3 aromatic heterocycles. The van der Waals surface area contributed by atoms with Crippen LogP contribution in [0.25, 0.3) is 5.65 Å². The highest BCUT2D eigenvalue weighted by Crippen LogP contribution is 2.55. The maximum Gasteiger partial charge on any atom is 0.333 e. The summed E-state index contributed by atoms with van der Waals surface area (Å²) in [5.74, 6) is -0.965. The van der Waals surface area contributed by atoms with E-state index in [2.05, 4.69) is 25.8 Å². The van der Waals surface area contributed by atoms with Crippen LogP contribution in [0.15, 0.2) is 30.7 Å². The van der Waals surface area contributed by atoms with E-state index in [1.54, 1.807) is 23.0 Å². The highest BCUT2D eigenvalue weighted by molar-refractivity contribution is 6.00. The lowest BCUT2D eigenvalue weighted by molar-refractivity contribution is -0.122. The third-order valence-corrected chi connectivity index (χ3v) is 5.18. The number of rotatable bonds is 4. The second kappa shape index (κ2) is 6.08. The molecule has 2 fully saturated rings. The Labute approximate surface area is 156 Å². The third kappa shape index (κ3) is 2.70. The van der Waals surface area contributed by atoms with Crippen LogP contribution in [-0.4, -0.2) is 42.9 Å². The Balaban J connectivity index is 1.48. The number of nitrogens with zero attached hydrogens (tertiary/aromatic N) is 5. The van der Waals surface area contributed by atoms with Gasteiger partial charge in [0.25, 0.3) is 0 Å². The van der Waals surface area contributed by atoms with Gasteiger partial charge in [-0.3, -0.25) is 10.1 Å². The molecule has 1 saturated carbocycles. The Morgan fingerprint density at radius 3 is 2.75 bits per heavy atom. The third-order valence-electron chi connectivity index (χ3n) is 5.18. The van der Waals surface area contributed by atoms with Crippen LogP contribution in [0.3, 0.4) is 0 Å². The number of carbonyl (C=O) groups is 2. The average molecular weight is 387 g/mol. The van der Waals surface area contributed by atoms with Gasteiger partial charge in [-0.05, 0) is 24.5 Å². The van der Waals surface area contributed by atoms with Crippen molar-refractivity contribution in [1.82, 2.24) is 35.0 Å². The van der Waals surface area contributed by atoms with E-state index in [0.29, 0.717) is 21.7 Å². The number of fused-ring (bicyclic) bond motifs is 1. The Hall–Kier alpha value is -3.37. The van der Waals surface area contributed by atoms with E-state index in [-0.39, 0.29) is 18.4 Å². The van der Waals surface area contributed by atoms with Gasteiger partial charge in [0.15, 0.2) is 5.65 Å². The van der Waals surface area contributed by atoms with Gasteiger partial charge >= 0.3 is 12.6 Å². The summed E-state index contributed by atoms with van der Waals surface area (Å²) in [7, 11) is 0. The van der Waals surface area contributed by atoms with Crippen LogP contribution in [0.5, 0.6) is 0 Å². The summed E-state index contributed by atoms with van der Waals surface area (Å²) < 4.78 is 27.8. The number of carbonyl (C=O) groups excluding carboxylic acids is 2. The minimum Gasteiger partial charge on any atom is -0.337 e. The van der Waals surface area contributed by atoms with Crippen LogP contribution >= 0.6 is 0 Å². The first-order valence-electron chi connectivity index (χ1n) is 8.77. The fraction of sp³-hybridized carbons (Fsp3) is 0.353. The molecule has 1 unspecified atom stereocenters. The molecule has 0 bridgehead atoms. The Morgan fingerprint density at radius 1 is 1.14 bits per heavy atom. The average Bonchev–Trinajstić information content (AvgIpc) is 3.07. The number of halogens is 2. The molecule has 0 spiro atoms. The number of hydrogen-bond acceptors (Lipinski definition) is 5. The molecule has 1 aliphatic heterocycles. The van der Waals surface area contributed by atoms with Gasteiger partial charge in [-0.1, -0.05) is 0 Å². The minimum absolute atomic E-state index is 0.00985. The number of urea groups is 1. The summed E-state index contributed by atoms with van der Waals surface area (Å²) >= 11 is 0. The minimum atomic E-state index is -2.67. The fourth-order valence-corrected chi connectivity index (χ4v) is 3.70. The fourth-order valence-electron chi connectivity index (χ4n) is 3.70. The van der Waals surface area contributed by atoms with Crippen LogP contribution in [0.1, 0.15) is 47.7 Å². The van der Waals surface area contributed by atoms with E-state index in [9.17, 15) is 18.4 Å². The van der Waals surface area contributed by atoms with Crippen LogP contribution in [0.2, 0.25) is 0 Å². The molecular formula is C17H15F2N7O2. The Kier molecular flexibility index (Phi) is 3.64. The first kappa shape index (κ1) is 16.8. The van der Waals surface area contributed by atoms with Crippen LogP contribution < -0.4 is 10.6 Å². The molecule has 3 amide bonds. The van der Waals surface area contributed by atoms with Crippen molar-refractivity contribution in [1.29, 1.82) is 0 Å². The Morgan fingerprint density at radius 2 is 2.00 bits per heavy atom. The maximum absolute atomic E-state index is 12.8. The number of nitrogens with one attached hydrogen (secondary N) is 2. The van der Waals surface area contributed by atoms with E-state index in [1.165, 1.54) is 6.20 Å². The maximum atomic E-state index is 12.8.